The van der Waals surface area contributed by atoms with Gasteiger partial charge in [0.15, 0.2) is 0 Å². The third-order valence-electron chi connectivity index (χ3n) is 1.84. The van der Waals surface area contributed by atoms with Gasteiger partial charge in [-0.3, -0.25) is 0 Å². The lowest BCUT2D eigenvalue weighted by molar-refractivity contribution is 0.150. The van der Waals surface area contributed by atoms with Gasteiger partial charge in [-0.15, -0.1) is 6.58 Å². The molecular weight excluding hydrogens is 172 g/mol. The van der Waals surface area contributed by atoms with Crippen molar-refractivity contribution in [3.63, 3.8) is 0 Å². The number of benzene rings is 1. The Kier molecular flexibility index (Phi) is 3.14. The second kappa shape index (κ2) is 4.14. The van der Waals surface area contributed by atoms with Crippen molar-refractivity contribution in [2.24, 2.45) is 5.73 Å². The van der Waals surface area contributed by atoms with E-state index in [-0.39, 0.29) is 5.56 Å². The van der Waals surface area contributed by atoms with Crippen LogP contribution in [-0.4, -0.2) is 0 Å². The lowest BCUT2D eigenvalue weighted by atomic mass is 10.0. The Morgan fingerprint density at radius 1 is 1.23 bits per heavy atom. The Balaban J connectivity index is 3.11. The lowest BCUT2D eigenvalue weighted by Crippen LogP contribution is -2.09. The number of hydrogen-bond acceptors (Lipinski definition) is 1. The molecule has 13 heavy (non-hydrogen) atoms. The minimum Gasteiger partial charge on any atom is -0.321 e. The summed E-state index contributed by atoms with van der Waals surface area (Å²) in [5.41, 5.74) is 6.00. The van der Waals surface area contributed by atoms with Crippen LogP contribution in [0.3, 0.4) is 0 Å². The number of nitrogens with two attached hydrogens (primary N) is 1. The van der Waals surface area contributed by atoms with Crippen LogP contribution in [0.2, 0.25) is 0 Å². The van der Waals surface area contributed by atoms with Crippen LogP contribution in [0.25, 0.3) is 0 Å². The van der Waals surface area contributed by atoms with E-state index < -0.39 is 12.5 Å². The molecule has 0 heterocycles. The molecule has 0 radical (unpaired) electrons. The average Bonchev–Trinajstić information content (AvgIpc) is 2.16. The Morgan fingerprint density at radius 2 is 1.77 bits per heavy atom. The summed E-state index contributed by atoms with van der Waals surface area (Å²) in [5, 5.41) is 0. The zero-order chi connectivity index (χ0) is 9.84. The van der Waals surface area contributed by atoms with E-state index in [0.717, 1.165) is 0 Å². The molecule has 3 heteroatoms. The van der Waals surface area contributed by atoms with E-state index in [9.17, 15) is 8.78 Å². The maximum Gasteiger partial charge on any atom is 0.264 e. The molecule has 1 nitrogen and oxygen atoms in total. The quantitative estimate of drug-likeness (QED) is 0.716. The molecule has 0 saturated heterocycles. The molecule has 0 aliphatic carbocycles. The standard InChI is InChI=1S/C10H11F2N/c1-2-9(13)7-5-3-4-6-8(7)10(11)12/h2-6,9-10H,1,13H2. The summed E-state index contributed by atoms with van der Waals surface area (Å²) in [4.78, 5) is 0. The molecule has 0 saturated carbocycles. The van der Waals surface area contributed by atoms with Gasteiger partial charge in [-0.1, -0.05) is 30.3 Å². The fourth-order valence-electron chi connectivity index (χ4n) is 1.14. The third-order valence-corrected chi connectivity index (χ3v) is 1.84. The van der Waals surface area contributed by atoms with E-state index in [0.29, 0.717) is 5.56 Å². The van der Waals surface area contributed by atoms with Crippen LogP contribution in [0.4, 0.5) is 8.78 Å². The Labute approximate surface area is 75.9 Å². The normalized spacial score (nSPS) is 12.9. The molecule has 0 spiro atoms. The average molecular weight is 183 g/mol. The highest BCUT2D eigenvalue weighted by Gasteiger charge is 2.14. The maximum absolute atomic E-state index is 12.4. The molecular formula is C10H11F2N. The van der Waals surface area contributed by atoms with Crippen LogP contribution in [0, 0.1) is 0 Å². The van der Waals surface area contributed by atoms with Crippen molar-refractivity contribution in [2.45, 2.75) is 12.5 Å². The van der Waals surface area contributed by atoms with Crippen LogP contribution >= 0.6 is 0 Å². The largest absolute Gasteiger partial charge is 0.321 e. The molecule has 1 unspecified atom stereocenters. The second-order valence-corrected chi connectivity index (χ2v) is 2.69. The van der Waals surface area contributed by atoms with Crippen LogP contribution in [-0.2, 0) is 0 Å². The monoisotopic (exact) mass is 183 g/mol. The van der Waals surface area contributed by atoms with Crippen LogP contribution < -0.4 is 5.73 Å². The molecule has 0 bridgehead atoms. The highest BCUT2D eigenvalue weighted by atomic mass is 19.3. The van der Waals surface area contributed by atoms with Gasteiger partial charge >= 0.3 is 0 Å². The summed E-state index contributed by atoms with van der Waals surface area (Å²) in [6, 6.07) is 5.70. The topological polar surface area (TPSA) is 26.0 Å². The molecule has 2 N–H and O–H groups in total. The summed E-state index contributed by atoms with van der Waals surface area (Å²) >= 11 is 0. The third kappa shape index (κ3) is 2.12. The van der Waals surface area contributed by atoms with Crippen molar-refractivity contribution in [2.75, 3.05) is 0 Å². The van der Waals surface area contributed by atoms with E-state index in [1.54, 1.807) is 18.2 Å². The first-order chi connectivity index (χ1) is 6.16. The molecule has 1 aromatic rings. The van der Waals surface area contributed by atoms with Gasteiger partial charge in [0.2, 0.25) is 0 Å². The predicted octanol–water partition coefficient (Wildman–Crippen LogP) is 2.81. The second-order valence-electron chi connectivity index (χ2n) is 2.69. The fraction of sp³-hybridized carbons (Fsp3) is 0.200. The molecule has 0 fully saturated rings. The number of rotatable bonds is 3. The van der Waals surface area contributed by atoms with E-state index in [1.807, 2.05) is 0 Å². The molecule has 1 atom stereocenters. The molecule has 0 aliphatic heterocycles. The lowest BCUT2D eigenvalue weighted by Gasteiger charge is -2.11. The minimum absolute atomic E-state index is 0.0186. The molecule has 0 aromatic heterocycles. The first-order valence-corrected chi connectivity index (χ1v) is 3.92. The van der Waals surface area contributed by atoms with Crippen LogP contribution in [0.15, 0.2) is 36.9 Å². The van der Waals surface area contributed by atoms with Crippen molar-refractivity contribution in [3.05, 3.63) is 48.0 Å². The van der Waals surface area contributed by atoms with Gasteiger partial charge in [0.25, 0.3) is 6.43 Å². The van der Waals surface area contributed by atoms with Gasteiger partial charge < -0.3 is 5.73 Å². The molecule has 0 amide bonds. The fourth-order valence-corrected chi connectivity index (χ4v) is 1.14. The van der Waals surface area contributed by atoms with E-state index >= 15 is 0 Å². The molecule has 1 aromatic carbocycles. The summed E-state index contributed by atoms with van der Waals surface area (Å²) in [6.45, 7) is 3.47. The first-order valence-electron chi connectivity index (χ1n) is 3.92. The minimum atomic E-state index is -2.48. The molecule has 1 rings (SSSR count). The van der Waals surface area contributed by atoms with Crippen LogP contribution in [0.5, 0.6) is 0 Å². The zero-order valence-electron chi connectivity index (χ0n) is 7.08. The van der Waals surface area contributed by atoms with Gasteiger partial charge in [-0.05, 0) is 5.56 Å². The predicted molar refractivity (Wildman–Crippen MR) is 48.5 cm³/mol. The first kappa shape index (κ1) is 9.86. The Morgan fingerprint density at radius 3 is 2.23 bits per heavy atom. The highest BCUT2D eigenvalue weighted by Crippen LogP contribution is 2.26. The SMILES string of the molecule is C=CC(N)c1ccccc1C(F)F. The number of halogens is 2. The smallest absolute Gasteiger partial charge is 0.264 e. The van der Waals surface area contributed by atoms with Gasteiger partial charge in [-0.25, -0.2) is 8.78 Å². The maximum atomic E-state index is 12.4. The Hall–Kier alpha value is -1.22. The van der Waals surface area contributed by atoms with E-state index in [4.69, 9.17) is 5.73 Å². The zero-order valence-corrected chi connectivity index (χ0v) is 7.08. The van der Waals surface area contributed by atoms with Gasteiger partial charge in [0, 0.05) is 11.6 Å². The summed E-state index contributed by atoms with van der Waals surface area (Å²) in [7, 11) is 0. The van der Waals surface area contributed by atoms with Crippen molar-refractivity contribution in [1.82, 2.24) is 0 Å². The van der Waals surface area contributed by atoms with Gasteiger partial charge in [-0.2, -0.15) is 0 Å². The summed E-state index contributed by atoms with van der Waals surface area (Å²) in [5.74, 6) is 0. The van der Waals surface area contributed by atoms with Crippen molar-refractivity contribution in [1.29, 1.82) is 0 Å². The van der Waals surface area contributed by atoms with Gasteiger partial charge in [0.05, 0.1) is 0 Å². The summed E-state index contributed by atoms with van der Waals surface area (Å²) in [6.07, 6.45) is -1.04. The van der Waals surface area contributed by atoms with E-state index in [1.165, 1.54) is 12.1 Å². The van der Waals surface area contributed by atoms with Gasteiger partial charge in [0.1, 0.15) is 0 Å². The highest BCUT2D eigenvalue weighted by molar-refractivity contribution is 5.32. The molecule has 0 aliphatic rings. The Bertz CT molecular complexity index is 297. The summed E-state index contributed by atoms with van der Waals surface area (Å²) < 4.78 is 24.9. The van der Waals surface area contributed by atoms with Crippen molar-refractivity contribution in [3.8, 4) is 0 Å². The number of hydrogen-bond donors (Lipinski definition) is 1. The molecule has 70 valence electrons. The van der Waals surface area contributed by atoms with E-state index in [2.05, 4.69) is 6.58 Å². The van der Waals surface area contributed by atoms with Crippen molar-refractivity contribution < 1.29 is 8.78 Å². The van der Waals surface area contributed by atoms with Crippen molar-refractivity contribution >= 4 is 0 Å². The van der Waals surface area contributed by atoms with Crippen LogP contribution in [0.1, 0.15) is 23.6 Å². The number of alkyl halides is 2.